The Labute approximate surface area is 106 Å². The predicted molar refractivity (Wildman–Crippen MR) is 67.4 cm³/mol. The molecule has 1 amide bonds. The van der Waals surface area contributed by atoms with E-state index in [4.69, 9.17) is 4.74 Å². The van der Waals surface area contributed by atoms with Crippen molar-refractivity contribution in [2.75, 3.05) is 6.54 Å². The molecule has 0 bridgehead atoms. The van der Waals surface area contributed by atoms with Crippen molar-refractivity contribution in [1.29, 1.82) is 0 Å². The van der Waals surface area contributed by atoms with E-state index in [0.717, 1.165) is 11.3 Å². The second kappa shape index (κ2) is 4.48. The van der Waals surface area contributed by atoms with Gasteiger partial charge in [0, 0.05) is 24.7 Å². The minimum Gasteiger partial charge on any atom is -0.444 e. The second-order valence-corrected chi connectivity index (χ2v) is 5.48. The van der Waals surface area contributed by atoms with Crippen LogP contribution in [0.4, 0.5) is 4.79 Å². The zero-order chi connectivity index (χ0) is 13.3. The quantitative estimate of drug-likeness (QED) is 0.761. The summed E-state index contributed by atoms with van der Waals surface area (Å²) in [6.45, 7) is 6.60. The first-order chi connectivity index (χ1) is 8.35. The number of aromatic amines is 1. The van der Waals surface area contributed by atoms with Crippen LogP contribution in [-0.2, 0) is 17.7 Å². The van der Waals surface area contributed by atoms with Crippen molar-refractivity contribution >= 4 is 6.09 Å². The van der Waals surface area contributed by atoms with E-state index >= 15 is 0 Å². The van der Waals surface area contributed by atoms with Crippen molar-refractivity contribution in [1.82, 2.24) is 9.88 Å². The largest absolute Gasteiger partial charge is 0.444 e. The van der Waals surface area contributed by atoms with E-state index in [1.807, 2.05) is 20.8 Å². The molecule has 5 heteroatoms. The molecule has 98 valence electrons. The molecule has 18 heavy (non-hydrogen) atoms. The molecule has 0 aliphatic carbocycles. The lowest BCUT2D eigenvalue weighted by molar-refractivity contribution is 0.0222. The lowest BCUT2D eigenvalue weighted by Crippen LogP contribution is -2.40. The highest BCUT2D eigenvalue weighted by Crippen LogP contribution is 2.18. The highest BCUT2D eigenvalue weighted by atomic mass is 16.6. The summed E-state index contributed by atoms with van der Waals surface area (Å²) in [5, 5.41) is 0. The molecule has 0 spiro atoms. The van der Waals surface area contributed by atoms with Gasteiger partial charge in [-0.3, -0.25) is 4.79 Å². The fourth-order valence-corrected chi connectivity index (χ4v) is 1.93. The number of carbonyl (C=O) groups excluding carboxylic acids is 1. The number of nitrogens with zero attached hydrogens (tertiary/aromatic N) is 1. The maximum absolute atomic E-state index is 11.9. The van der Waals surface area contributed by atoms with E-state index in [0.29, 0.717) is 19.5 Å². The minimum atomic E-state index is -0.484. The van der Waals surface area contributed by atoms with Gasteiger partial charge in [0.2, 0.25) is 5.56 Å². The van der Waals surface area contributed by atoms with E-state index in [1.165, 1.54) is 6.07 Å². The highest BCUT2D eigenvalue weighted by Gasteiger charge is 2.25. The molecule has 1 aliphatic rings. The molecule has 2 heterocycles. The van der Waals surface area contributed by atoms with Gasteiger partial charge in [-0.25, -0.2) is 4.79 Å². The number of ether oxygens (including phenoxy) is 1. The first-order valence-electron chi connectivity index (χ1n) is 6.04. The van der Waals surface area contributed by atoms with Crippen LogP contribution in [0.25, 0.3) is 0 Å². The van der Waals surface area contributed by atoms with Crippen molar-refractivity contribution in [3.05, 3.63) is 33.7 Å². The van der Waals surface area contributed by atoms with Gasteiger partial charge in [0.15, 0.2) is 0 Å². The Bertz CT molecular complexity index is 514. The maximum atomic E-state index is 11.9. The molecule has 0 radical (unpaired) electrons. The molecular formula is C13H18N2O3. The van der Waals surface area contributed by atoms with E-state index in [1.54, 1.807) is 11.0 Å². The third kappa shape index (κ3) is 2.91. The summed E-state index contributed by atoms with van der Waals surface area (Å²) in [5.41, 5.74) is 1.32. The number of hydrogen-bond acceptors (Lipinski definition) is 3. The summed E-state index contributed by atoms with van der Waals surface area (Å²) < 4.78 is 5.33. The third-order valence-corrected chi connectivity index (χ3v) is 2.74. The van der Waals surface area contributed by atoms with Crippen LogP contribution in [-0.4, -0.2) is 28.1 Å². The molecule has 0 saturated heterocycles. The Morgan fingerprint density at radius 2 is 2.11 bits per heavy atom. The van der Waals surface area contributed by atoms with Crippen LogP contribution >= 0.6 is 0 Å². The molecule has 0 unspecified atom stereocenters. The molecule has 0 aromatic carbocycles. The lowest BCUT2D eigenvalue weighted by atomic mass is 10.1. The van der Waals surface area contributed by atoms with Crippen molar-refractivity contribution in [3.63, 3.8) is 0 Å². The summed E-state index contributed by atoms with van der Waals surface area (Å²) >= 11 is 0. The van der Waals surface area contributed by atoms with Gasteiger partial charge < -0.3 is 14.6 Å². The van der Waals surface area contributed by atoms with Gasteiger partial charge in [-0.15, -0.1) is 0 Å². The third-order valence-electron chi connectivity index (χ3n) is 2.74. The zero-order valence-corrected chi connectivity index (χ0v) is 10.9. The van der Waals surface area contributed by atoms with Gasteiger partial charge in [0.1, 0.15) is 5.60 Å². The maximum Gasteiger partial charge on any atom is 0.410 e. The average molecular weight is 250 g/mol. The van der Waals surface area contributed by atoms with Gasteiger partial charge in [0.05, 0.1) is 6.54 Å². The summed E-state index contributed by atoms with van der Waals surface area (Å²) in [6, 6.07) is 3.25. The van der Waals surface area contributed by atoms with Crippen LogP contribution in [0.1, 0.15) is 32.0 Å². The SMILES string of the molecule is CC(C)(C)OC(=O)N1CCc2[nH]c(=O)ccc2C1. The van der Waals surface area contributed by atoms with Gasteiger partial charge in [0.25, 0.3) is 0 Å². The van der Waals surface area contributed by atoms with Crippen LogP contribution in [0.5, 0.6) is 0 Å². The molecule has 5 nitrogen and oxygen atoms in total. The Balaban J connectivity index is 2.10. The molecule has 1 aliphatic heterocycles. The summed E-state index contributed by atoms with van der Waals surface area (Å²) in [6.07, 6.45) is 0.351. The number of aromatic nitrogens is 1. The second-order valence-electron chi connectivity index (χ2n) is 5.48. The Morgan fingerprint density at radius 1 is 1.39 bits per heavy atom. The van der Waals surface area contributed by atoms with Crippen molar-refractivity contribution in [2.45, 2.75) is 39.3 Å². The summed E-state index contributed by atoms with van der Waals surface area (Å²) in [5.74, 6) is 0. The van der Waals surface area contributed by atoms with Crippen molar-refractivity contribution in [3.8, 4) is 0 Å². The van der Waals surface area contributed by atoms with Crippen molar-refractivity contribution < 1.29 is 9.53 Å². The molecular weight excluding hydrogens is 232 g/mol. The van der Waals surface area contributed by atoms with Gasteiger partial charge in [-0.05, 0) is 26.3 Å². The van der Waals surface area contributed by atoms with Crippen LogP contribution in [0.2, 0.25) is 0 Å². The lowest BCUT2D eigenvalue weighted by Gasteiger charge is -2.30. The van der Waals surface area contributed by atoms with Gasteiger partial charge >= 0.3 is 6.09 Å². The zero-order valence-electron chi connectivity index (χ0n) is 10.9. The molecule has 0 atom stereocenters. The Kier molecular flexibility index (Phi) is 3.15. The number of amides is 1. The summed E-state index contributed by atoms with van der Waals surface area (Å²) in [4.78, 5) is 27.6. The monoisotopic (exact) mass is 250 g/mol. The normalized spacial score (nSPS) is 15.2. The average Bonchev–Trinajstić information content (AvgIpc) is 2.26. The number of carbonyl (C=O) groups is 1. The number of hydrogen-bond donors (Lipinski definition) is 1. The van der Waals surface area contributed by atoms with Gasteiger partial charge in [-0.1, -0.05) is 6.07 Å². The fourth-order valence-electron chi connectivity index (χ4n) is 1.93. The topological polar surface area (TPSA) is 62.4 Å². The molecule has 0 saturated carbocycles. The van der Waals surface area contributed by atoms with Crippen molar-refractivity contribution in [2.24, 2.45) is 0 Å². The molecule has 1 aromatic rings. The van der Waals surface area contributed by atoms with Crippen LogP contribution in [0, 0.1) is 0 Å². The van der Waals surface area contributed by atoms with E-state index in [-0.39, 0.29) is 11.7 Å². The standard InChI is InChI=1S/C13H18N2O3/c1-13(2,3)18-12(17)15-7-6-10-9(8-15)4-5-11(16)14-10/h4-5H,6-8H2,1-3H3,(H,14,16). The number of fused-ring (bicyclic) bond motifs is 1. The van der Waals surface area contributed by atoms with E-state index < -0.39 is 5.60 Å². The van der Waals surface area contributed by atoms with E-state index in [2.05, 4.69) is 4.98 Å². The number of pyridine rings is 1. The van der Waals surface area contributed by atoms with Gasteiger partial charge in [-0.2, -0.15) is 0 Å². The van der Waals surface area contributed by atoms with Crippen LogP contribution in [0.3, 0.4) is 0 Å². The first-order valence-corrected chi connectivity index (χ1v) is 6.04. The van der Waals surface area contributed by atoms with E-state index in [9.17, 15) is 9.59 Å². The fraction of sp³-hybridized carbons (Fsp3) is 0.538. The first kappa shape index (κ1) is 12.7. The minimum absolute atomic E-state index is 0.0977. The molecule has 0 fully saturated rings. The summed E-state index contributed by atoms with van der Waals surface area (Å²) in [7, 11) is 0. The van der Waals surface area contributed by atoms with Crippen LogP contribution < -0.4 is 5.56 Å². The van der Waals surface area contributed by atoms with Crippen LogP contribution in [0.15, 0.2) is 16.9 Å². The highest BCUT2D eigenvalue weighted by molar-refractivity contribution is 5.68. The Morgan fingerprint density at radius 3 is 2.78 bits per heavy atom. The smallest absolute Gasteiger partial charge is 0.410 e. The molecule has 2 rings (SSSR count). The molecule has 1 N–H and O–H groups in total. The number of H-pyrrole nitrogens is 1. The predicted octanol–water partition coefficient (Wildman–Crippen LogP) is 1.67. The molecule has 1 aromatic heterocycles. The Hall–Kier alpha value is -1.78. The number of nitrogens with one attached hydrogen (secondary N) is 1. The number of rotatable bonds is 0.